The van der Waals surface area contributed by atoms with Gasteiger partial charge in [0, 0.05) is 10.6 Å². The lowest BCUT2D eigenvalue weighted by Gasteiger charge is -2.13. The number of Topliss-reactive ketones (excluding diaryl/α,β-unsaturated/α-hetero) is 1. The third kappa shape index (κ3) is 3.33. The summed E-state index contributed by atoms with van der Waals surface area (Å²) in [6.45, 7) is 1.54. The third-order valence-electron chi connectivity index (χ3n) is 2.70. The van der Waals surface area contributed by atoms with E-state index < -0.39 is 23.5 Å². The molecular formula is C15H11ClF2O2. The highest BCUT2D eigenvalue weighted by atomic mass is 35.5. The quantitative estimate of drug-likeness (QED) is 0.788. The van der Waals surface area contributed by atoms with Gasteiger partial charge in [-0.05, 0) is 49.4 Å². The fourth-order valence-corrected chi connectivity index (χ4v) is 1.78. The molecule has 5 heteroatoms. The van der Waals surface area contributed by atoms with E-state index in [-0.39, 0.29) is 5.56 Å². The average molecular weight is 297 g/mol. The van der Waals surface area contributed by atoms with Crippen molar-refractivity contribution in [3.05, 3.63) is 64.7 Å². The Morgan fingerprint density at radius 3 is 2.35 bits per heavy atom. The number of rotatable bonds is 4. The molecule has 0 saturated carbocycles. The number of ether oxygens (including phenoxy) is 1. The Hall–Kier alpha value is -1.94. The first kappa shape index (κ1) is 14.5. The smallest absolute Gasteiger partial charge is 0.203 e. The summed E-state index contributed by atoms with van der Waals surface area (Å²) in [5.41, 5.74) is 0.0605. The number of hydrogen-bond acceptors (Lipinski definition) is 2. The number of ketones is 1. The molecular weight excluding hydrogens is 286 g/mol. The monoisotopic (exact) mass is 296 g/mol. The van der Waals surface area contributed by atoms with Gasteiger partial charge < -0.3 is 4.74 Å². The van der Waals surface area contributed by atoms with E-state index >= 15 is 0 Å². The van der Waals surface area contributed by atoms with E-state index in [1.54, 1.807) is 24.3 Å². The van der Waals surface area contributed by atoms with Gasteiger partial charge in [-0.2, -0.15) is 0 Å². The molecule has 0 fully saturated rings. The molecule has 2 rings (SSSR count). The summed E-state index contributed by atoms with van der Waals surface area (Å²) in [6.07, 6.45) is -0.818. The first-order chi connectivity index (χ1) is 9.47. The van der Waals surface area contributed by atoms with Gasteiger partial charge in [-0.3, -0.25) is 4.79 Å². The van der Waals surface area contributed by atoms with Crippen LogP contribution in [0.1, 0.15) is 17.3 Å². The maximum atomic E-state index is 13.1. The first-order valence-electron chi connectivity index (χ1n) is 5.89. The van der Waals surface area contributed by atoms with E-state index in [0.717, 1.165) is 12.1 Å². The summed E-state index contributed by atoms with van der Waals surface area (Å²) in [5.74, 6) is -2.01. The van der Waals surface area contributed by atoms with Gasteiger partial charge in [0.25, 0.3) is 0 Å². The lowest BCUT2D eigenvalue weighted by atomic mass is 10.1. The van der Waals surface area contributed by atoms with E-state index in [0.29, 0.717) is 10.8 Å². The van der Waals surface area contributed by atoms with Crippen LogP contribution in [0.25, 0.3) is 0 Å². The van der Waals surface area contributed by atoms with Gasteiger partial charge in [0.1, 0.15) is 5.75 Å². The summed E-state index contributed by atoms with van der Waals surface area (Å²) in [5, 5.41) is 0.553. The standard InChI is InChI=1S/C15H11ClF2O2/c1-9(20-12-5-3-11(16)4-6-12)15(19)10-2-7-13(17)14(18)8-10/h2-9H,1H3. The molecule has 2 nitrogen and oxygen atoms in total. The molecule has 0 heterocycles. The van der Waals surface area contributed by atoms with Gasteiger partial charge >= 0.3 is 0 Å². The topological polar surface area (TPSA) is 26.3 Å². The largest absolute Gasteiger partial charge is 0.483 e. The fraction of sp³-hybridized carbons (Fsp3) is 0.133. The predicted octanol–water partition coefficient (Wildman–Crippen LogP) is 4.27. The van der Waals surface area contributed by atoms with Crippen LogP contribution in [0.3, 0.4) is 0 Å². The van der Waals surface area contributed by atoms with Crippen molar-refractivity contribution in [1.82, 2.24) is 0 Å². The van der Waals surface area contributed by atoms with Crippen LogP contribution in [0.2, 0.25) is 5.02 Å². The number of hydrogen-bond donors (Lipinski definition) is 0. The molecule has 0 saturated heterocycles. The summed E-state index contributed by atoms with van der Waals surface area (Å²) < 4.78 is 31.3. The normalized spacial score (nSPS) is 12.0. The molecule has 2 aromatic carbocycles. The van der Waals surface area contributed by atoms with Crippen LogP contribution < -0.4 is 4.74 Å². The van der Waals surface area contributed by atoms with Crippen molar-refractivity contribution in [1.29, 1.82) is 0 Å². The van der Waals surface area contributed by atoms with Crippen molar-refractivity contribution in [3.63, 3.8) is 0 Å². The molecule has 1 unspecified atom stereocenters. The van der Waals surface area contributed by atoms with Crippen molar-refractivity contribution >= 4 is 17.4 Å². The van der Waals surface area contributed by atoms with Gasteiger partial charge in [-0.15, -0.1) is 0 Å². The third-order valence-corrected chi connectivity index (χ3v) is 2.95. The molecule has 1 atom stereocenters. The Morgan fingerprint density at radius 1 is 1.10 bits per heavy atom. The lowest BCUT2D eigenvalue weighted by molar-refractivity contribution is 0.0817. The second-order valence-electron chi connectivity index (χ2n) is 4.21. The molecule has 2 aromatic rings. The van der Waals surface area contributed by atoms with Crippen molar-refractivity contribution < 1.29 is 18.3 Å². The second kappa shape index (κ2) is 6.01. The van der Waals surface area contributed by atoms with Gasteiger partial charge in [0.15, 0.2) is 17.7 Å². The summed E-state index contributed by atoms with van der Waals surface area (Å²) in [7, 11) is 0. The summed E-state index contributed by atoms with van der Waals surface area (Å²) in [6, 6.07) is 9.51. The van der Waals surface area contributed by atoms with Crippen LogP contribution >= 0.6 is 11.6 Å². The number of carbonyl (C=O) groups is 1. The maximum Gasteiger partial charge on any atom is 0.203 e. The number of benzene rings is 2. The zero-order valence-corrected chi connectivity index (χ0v) is 11.3. The fourth-order valence-electron chi connectivity index (χ4n) is 1.65. The highest BCUT2D eigenvalue weighted by Crippen LogP contribution is 2.18. The van der Waals surface area contributed by atoms with Crippen LogP contribution in [-0.2, 0) is 0 Å². The molecule has 0 radical (unpaired) electrons. The van der Waals surface area contributed by atoms with E-state index in [4.69, 9.17) is 16.3 Å². The Bertz CT molecular complexity index is 626. The van der Waals surface area contributed by atoms with Gasteiger partial charge in [-0.1, -0.05) is 11.6 Å². The Morgan fingerprint density at radius 2 is 1.75 bits per heavy atom. The van der Waals surface area contributed by atoms with Crippen molar-refractivity contribution in [2.24, 2.45) is 0 Å². The molecule has 104 valence electrons. The van der Waals surface area contributed by atoms with Crippen molar-refractivity contribution in [2.45, 2.75) is 13.0 Å². The molecule has 0 amide bonds. The van der Waals surface area contributed by atoms with Crippen molar-refractivity contribution in [3.8, 4) is 5.75 Å². The van der Waals surface area contributed by atoms with Crippen molar-refractivity contribution in [2.75, 3.05) is 0 Å². The van der Waals surface area contributed by atoms with Crippen LogP contribution in [0.4, 0.5) is 8.78 Å². The van der Waals surface area contributed by atoms with E-state index in [1.165, 1.54) is 13.0 Å². The van der Waals surface area contributed by atoms with Gasteiger partial charge in [0.2, 0.25) is 5.78 Å². The molecule has 0 aliphatic heterocycles. The summed E-state index contributed by atoms with van der Waals surface area (Å²) >= 11 is 5.74. The van der Waals surface area contributed by atoms with Crippen LogP contribution in [0.5, 0.6) is 5.75 Å². The van der Waals surface area contributed by atoms with Crippen LogP contribution in [0, 0.1) is 11.6 Å². The molecule has 0 bridgehead atoms. The molecule has 0 aliphatic carbocycles. The highest BCUT2D eigenvalue weighted by Gasteiger charge is 2.18. The first-order valence-corrected chi connectivity index (χ1v) is 6.26. The van der Waals surface area contributed by atoms with Crippen LogP contribution in [0.15, 0.2) is 42.5 Å². The Labute approximate surface area is 119 Å². The number of carbonyl (C=O) groups excluding carboxylic acids is 1. The van der Waals surface area contributed by atoms with E-state index in [2.05, 4.69) is 0 Å². The molecule has 0 aromatic heterocycles. The van der Waals surface area contributed by atoms with E-state index in [1.807, 2.05) is 0 Å². The maximum absolute atomic E-state index is 13.1. The highest BCUT2D eigenvalue weighted by molar-refractivity contribution is 6.30. The average Bonchev–Trinajstić information content (AvgIpc) is 2.43. The van der Waals surface area contributed by atoms with Gasteiger partial charge in [0.05, 0.1) is 0 Å². The SMILES string of the molecule is CC(Oc1ccc(Cl)cc1)C(=O)c1ccc(F)c(F)c1. The summed E-state index contributed by atoms with van der Waals surface area (Å²) in [4.78, 5) is 12.0. The molecule has 20 heavy (non-hydrogen) atoms. The zero-order valence-electron chi connectivity index (χ0n) is 10.6. The lowest BCUT2D eigenvalue weighted by Crippen LogP contribution is -2.24. The van der Waals surface area contributed by atoms with Gasteiger partial charge in [-0.25, -0.2) is 8.78 Å². The molecule has 0 N–H and O–H groups in total. The van der Waals surface area contributed by atoms with E-state index in [9.17, 15) is 13.6 Å². The Kier molecular flexibility index (Phi) is 4.35. The second-order valence-corrected chi connectivity index (χ2v) is 4.64. The number of halogens is 3. The minimum Gasteiger partial charge on any atom is -0.483 e. The predicted molar refractivity (Wildman–Crippen MR) is 72.2 cm³/mol. The van der Waals surface area contributed by atoms with Crippen LogP contribution in [-0.4, -0.2) is 11.9 Å². The minimum absolute atomic E-state index is 0.0605. The minimum atomic E-state index is -1.06. The molecule has 0 aliphatic rings. The molecule has 0 spiro atoms. The Balaban J connectivity index is 2.11. The zero-order chi connectivity index (χ0) is 14.7.